The Labute approximate surface area is 117 Å². The number of benzene rings is 1. The van der Waals surface area contributed by atoms with Crippen LogP contribution in [0, 0.1) is 11.3 Å². The van der Waals surface area contributed by atoms with Crippen molar-refractivity contribution >= 4 is 17.4 Å². The van der Waals surface area contributed by atoms with Gasteiger partial charge < -0.3 is 9.47 Å². The van der Waals surface area contributed by atoms with Crippen molar-refractivity contribution in [3.63, 3.8) is 0 Å². The molecule has 0 saturated heterocycles. The van der Waals surface area contributed by atoms with E-state index in [0.717, 1.165) is 22.0 Å². The molecule has 0 aliphatic rings. The van der Waals surface area contributed by atoms with E-state index in [1.54, 1.807) is 18.0 Å². The van der Waals surface area contributed by atoms with Crippen LogP contribution in [0.5, 0.6) is 0 Å². The number of nitrogens with zero attached hydrogens (tertiary/aromatic N) is 4. The van der Waals surface area contributed by atoms with Gasteiger partial charge in [-0.05, 0) is 18.4 Å². The van der Waals surface area contributed by atoms with Crippen LogP contribution in [0.25, 0.3) is 0 Å². The second-order valence-electron chi connectivity index (χ2n) is 4.28. The van der Waals surface area contributed by atoms with Gasteiger partial charge in [-0.15, -0.1) is 11.8 Å². The third kappa shape index (κ3) is 2.74. The Hall–Kier alpha value is -1.93. The first kappa shape index (κ1) is 13.5. The molecule has 0 N–H and O–H groups in total. The largest absolute Gasteiger partial charge is 0.366 e. The number of hydrogen-bond donors (Lipinski definition) is 0. The van der Waals surface area contributed by atoms with Crippen LogP contribution in [0.4, 0.5) is 5.69 Å². The van der Waals surface area contributed by atoms with Crippen LogP contribution in [-0.2, 0) is 13.6 Å². The fraction of sp³-hybridized carbons (Fsp3) is 0.286. The second kappa shape index (κ2) is 5.81. The topological polar surface area (TPSA) is 44.9 Å². The zero-order chi connectivity index (χ0) is 13.8. The maximum atomic E-state index is 9.35. The molecule has 19 heavy (non-hydrogen) atoms. The van der Waals surface area contributed by atoms with Crippen LogP contribution in [-0.4, -0.2) is 22.9 Å². The molecule has 0 bridgehead atoms. The molecule has 0 aliphatic carbocycles. The predicted octanol–water partition coefficient (Wildman–Crippen LogP) is 2.65. The van der Waals surface area contributed by atoms with Gasteiger partial charge in [0.1, 0.15) is 11.9 Å². The summed E-state index contributed by atoms with van der Waals surface area (Å²) in [5.74, 6) is 0.973. The van der Waals surface area contributed by atoms with Gasteiger partial charge in [0.2, 0.25) is 0 Å². The van der Waals surface area contributed by atoms with Crippen LogP contribution >= 0.6 is 11.8 Å². The quantitative estimate of drug-likeness (QED) is 0.803. The van der Waals surface area contributed by atoms with Crippen LogP contribution in [0.15, 0.2) is 35.5 Å². The lowest BCUT2D eigenvalue weighted by atomic mass is 10.2. The summed E-state index contributed by atoms with van der Waals surface area (Å²) in [5, 5.41) is 9.35. The van der Waals surface area contributed by atoms with Crippen molar-refractivity contribution < 1.29 is 0 Å². The zero-order valence-electron chi connectivity index (χ0n) is 11.3. The maximum Gasteiger partial charge on any atom is 0.127 e. The summed E-state index contributed by atoms with van der Waals surface area (Å²) in [4.78, 5) is 7.37. The highest BCUT2D eigenvalue weighted by Gasteiger charge is 2.12. The fourth-order valence-electron chi connectivity index (χ4n) is 1.97. The number of aryl methyl sites for hydroxylation is 1. The second-order valence-corrected chi connectivity index (χ2v) is 5.12. The minimum absolute atomic E-state index is 0.677. The lowest BCUT2D eigenvalue weighted by molar-refractivity contribution is 0.760. The SMILES string of the molecule is CSc1cccc(N(C)Cc2nccn2C)c1C#N. The molecule has 0 amide bonds. The Morgan fingerprint density at radius 3 is 2.84 bits per heavy atom. The highest BCUT2D eigenvalue weighted by molar-refractivity contribution is 7.98. The highest BCUT2D eigenvalue weighted by atomic mass is 32.2. The monoisotopic (exact) mass is 272 g/mol. The summed E-state index contributed by atoms with van der Waals surface area (Å²) in [6, 6.07) is 8.23. The Morgan fingerprint density at radius 2 is 2.26 bits per heavy atom. The lowest BCUT2D eigenvalue weighted by Gasteiger charge is -2.21. The van der Waals surface area contributed by atoms with E-state index in [2.05, 4.69) is 16.0 Å². The van der Waals surface area contributed by atoms with Gasteiger partial charge in [0.25, 0.3) is 0 Å². The van der Waals surface area contributed by atoms with E-state index in [1.807, 2.05) is 49.3 Å². The molecule has 0 aliphatic heterocycles. The molecule has 2 rings (SSSR count). The molecule has 0 radical (unpaired) electrons. The van der Waals surface area contributed by atoms with Gasteiger partial charge in [0.05, 0.1) is 17.8 Å². The smallest absolute Gasteiger partial charge is 0.127 e. The summed E-state index contributed by atoms with van der Waals surface area (Å²) >= 11 is 1.59. The first-order valence-electron chi connectivity index (χ1n) is 5.91. The number of hydrogen-bond acceptors (Lipinski definition) is 4. The van der Waals surface area contributed by atoms with E-state index in [4.69, 9.17) is 0 Å². The van der Waals surface area contributed by atoms with Gasteiger partial charge in [-0.3, -0.25) is 0 Å². The number of nitriles is 1. The molecule has 4 nitrogen and oxygen atoms in total. The lowest BCUT2D eigenvalue weighted by Crippen LogP contribution is -2.20. The summed E-state index contributed by atoms with van der Waals surface area (Å²) in [6.45, 7) is 0.677. The first-order valence-corrected chi connectivity index (χ1v) is 7.14. The fourth-order valence-corrected chi connectivity index (χ4v) is 2.54. The van der Waals surface area contributed by atoms with Crippen LogP contribution in [0.3, 0.4) is 0 Å². The van der Waals surface area contributed by atoms with Crippen LogP contribution < -0.4 is 4.90 Å². The zero-order valence-corrected chi connectivity index (χ0v) is 12.1. The normalized spacial score (nSPS) is 10.2. The minimum atomic E-state index is 0.677. The van der Waals surface area contributed by atoms with Crippen molar-refractivity contribution in [3.8, 4) is 6.07 Å². The van der Waals surface area contributed by atoms with Gasteiger partial charge in [-0.25, -0.2) is 4.98 Å². The van der Waals surface area contributed by atoms with Crippen molar-refractivity contribution in [2.24, 2.45) is 7.05 Å². The van der Waals surface area contributed by atoms with Crippen molar-refractivity contribution in [1.29, 1.82) is 5.26 Å². The Morgan fingerprint density at radius 1 is 1.47 bits per heavy atom. The molecule has 0 fully saturated rings. The van der Waals surface area contributed by atoms with Crippen LogP contribution in [0.1, 0.15) is 11.4 Å². The van der Waals surface area contributed by atoms with E-state index in [9.17, 15) is 5.26 Å². The Kier molecular flexibility index (Phi) is 4.13. The maximum absolute atomic E-state index is 9.35. The summed E-state index contributed by atoms with van der Waals surface area (Å²) in [7, 11) is 3.95. The summed E-state index contributed by atoms with van der Waals surface area (Å²) < 4.78 is 1.99. The highest BCUT2D eigenvalue weighted by Crippen LogP contribution is 2.28. The third-order valence-electron chi connectivity index (χ3n) is 3.05. The first-order chi connectivity index (χ1) is 9.17. The van der Waals surface area contributed by atoms with E-state index in [1.165, 1.54) is 0 Å². The van der Waals surface area contributed by atoms with E-state index in [0.29, 0.717) is 6.54 Å². The van der Waals surface area contributed by atoms with Crippen molar-refractivity contribution in [2.45, 2.75) is 11.4 Å². The van der Waals surface area contributed by atoms with Gasteiger partial charge in [-0.2, -0.15) is 5.26 Å². The molecule has 1 heterocycles. The molecular weight excluding hydrogens is 256 g/mol. The molecule has 5 heteroatoms. The number of anilines is 1. The molecule has 0 spiro atoms. The molecule has 2 aromatic rings. The molecule has 1 aromatic carbocycles. The number of imidazole rings is 1. The van der Waals surface area contributed by atoms with Crippen molar-refractivity contribution in [1.82, 2.24) is 9.55 Å². The van der Waals surface area contributed by atoms with Crippen molar-refractivity contribution in [3.05, 3.63) is 42.0 Å². The standard InChI is InChI=1S/C14H16N4S/c1-17-8-7-16-14(17)10-18(2)12-5-4-6-13(19-3)11(12)9-15/h4-8H,10H2,1-3H3. The van der Waals surface area contributed by atoms with E-state index >= 15 is 0 Å². The minimum Gasteiger partial charge on any atom is -0.366 e. The number of rotatable bonds is 4. The van der Waals surface area contributed by atoms with E-state index in [-0.39, 0.29) is 0 Å². The Bertz CT molecular complexity index is 612. The average Bonchev–Trinajstić information content (AvgIpc) is 2.83. The molecule has 0 unspecified atom stereocenters. The van der Waals surface area contributed by atoms with E-state index < -0.39 is 0 Å². The van der Waals surface area contributed by atoms with Crippen molar-refractivity contribution in [2.75, 3.05) is 18.2 Å². The number of aromatic nitrogens is 2. The predicted molar refractivity (Wildman–Crippen MR) is 78.3 cm³/mol. The molecule has 98 valence electrons. The number of thioether (sulfide) groups is 1. The van der Waals surface area contributed by atoms with Crippen LogP contribution in [0.2, 0.25) is 0 Å². The third-order valence-corrected chi connectivity index (χ3v) is 3.83. The molecule has 0 atom stereocenters. The Balaban J connectivity index is 2.32. The van der Waals surface area contributed by atoms with Gasteiger partial charge >= 0.3 is 0 Å². The average molecular weight is 272 g/mol. The summed E-state index contributed by atoms with van der Waals surface area (Å²) in [5.41, 5.74) is 1.67. The summed E-state index contributed by atoms with van der Waals surface area (Å²) in [6.07, 6.45) is 5.69. The van der Waals surface area contributed by atoms with Gasteiger partial charge in [0, 0.05) is 31.4 Å². The molecule has 1 aromatic heterocycles. The molecular formula is C14H16N4S. The molecule has 0 saturated carbocycles. The van der Waals surface area contributed by atoms with Gasteiger partial charge in [-0.1, -0.05) is 6.07 Å². The van der Waals surface area contributed by atoms with Gasteiger partial charge in [0.15, 0.2) is 0 Å².